The van der Waals surface area contributed by atoms with Gasteiger partial charge in [-0.15, -0.1) is 0 Å². The number of rotatable bonds is 4. The molecule has 2 aromatic carbocycles. The zero-order chi connectivity index (χ0) is 18.8. The van der Waals surface area contributed by atoms with Crippen LogP contribution in [0.4, 0.5) is 5.69 Å². The molecule has 3 amide bonds. The second-order valence-electron chi connectivity index (χ2n) is 6.19. The fourth-order valence-corrected chi connectivity index (χ4v) is 3.14. The molecule has 1 aliphatic rings. The molecule has 1 unspecified atom stereocenters. The minimum Gasteiger partial charge on any atom is -0.287 e. The van der Waals surface area contributed by atoms with Crippen LogP contribution in [-0.4, -0.2) is 23.8 Å². The molecule has 2 N–H and O–H groups in total. The van der Waals surface area contributed by atoms with Gasteiger partial charge in [0.05, 0.1) is 22.7 Å². The van der Waals surface area contributed by atoms with E-state index in [1.54, 1.807) is 30.3 Å². The van der Waals surface area contributed by atoms with Gasteiger partial charge in [-0.2, -0.15) is 0 Å². The van der Waals surface area contributed by atoms with Crippen LogP contribution in [0.5, 0.6) is 0 Å². The van der Waals surface area contributed by atoms with E-state index >= 15 is 0 Å². The van der Waals surface area contributed by atoms with E-state index in [4.69, 9.17) is 11.6 Å². The van der Waals surface area contributed by atoms with Crippen LogP contribution in [-0.2, 0) is 9.59 Å². The molecule has 1 aliphatic heterocycles. The first-order chi connectivity index (χ1) is 12.4. The number of amides is 3. The Morgan fingerprint density at radius 2 is 1.88 bits per heavy atom. The maximum absolute atomic E-state index is 12.6. The molecule has 1 atom stereocenters. The van der Waals surface area contributed by atoms with Gasteiger partial charge in [0.15, 0.2) is 0 Å². The summed E-state index contributed by atoms with van der Waals surface area (Å²) in [6, 6.07) is 11.3. The number of carbonyl (C=O) groups excluding carboxylic acids is 3. The molecule has 0 radical (unpaired) electrons. The molecule has 0 saturated carbocycles. The summed E-state index contributed by atoms with van der Waals surface area (Å²) in [5, 5.41) is 0.303. The lowest BCUT2D eigenvalue weighted by atomic mass is 10.1. The monoisotopic (exact) mass is 371 g/mol. The highest BCUT2D eigenvalue weighted by atomic mass is 35.5. The number of nitrogens with one attached hydrogen (secondary N) is 2. The van der Waals surface area contributed by atoms with E-state index in [2.05, 4.69) is 10.9 Å². The van der Waals surface area contributed by atoms with Crippen molar-refractivity contribution in [1.82, 2.24) is 10.9 Å². The number of hydrogen-bond donors (Lipinski definition) is 2. The van der Waals surface area contributed by atoms with Crippen LogP contribution in [0.25, 0.3) is 0 Å². The summed E-state index contributed by atoms with van der Waals surface area (Å²) in [4.78, 5) is 38.3. The summed E-state index contributed by atoms with van der Waals surface area (Å²) < 4.78 is 0. The van der Waals surface area contributed by atoms with Crippen LogP contribution in [0.3, 0.4) is 0 Å². The number of imide groups is 1. The standard InChI is InChI=1S/C19H18ClN3O3/c1-11-7-8-16(12(2)9-11)23-17(24)10-15(19(23)26)21-22-18(25)13-5-3-4-6-14(13)20/h3-9,15,21H,10H2,1-2H3,(H,22,25). The third-order valence-corrected chi connectivity index (χ3v) is 4.55. The van der Waals surface area contributed by atoms with E-state index in [9.17, 15) is 14.4 Å². The lowest BCUT2D eigenvalue weighted by Gasteiger charge is -2.18. The van der Waals surface area contributed by atoms with Crippen molar-refractivity contribution in [3.05, 3.63) is 64.2 Å². The van der Waals surface area contributed by atoms with Crippen LogP contribution in [0.15, 0.2) is 42.5 Å². The number of halogens is 1. The Hall–Kier alpha value is -2.70. The Kier molecular flexibility index (Phi) is 5.06. The van der Waals surface area contributed by atoms with Crippen molar-refractivity contribution in [2.45, 2.75) is 26.3 Å². The van der Waals surface area contributed by atoms with Gasteiger partial charge in [0.25, 0.3) is 11.8 Å². The van der Waals surface area contributed by atoms with Gasteiger partial charge >= 0.3 is 0 Å². The molecule has 0 aliphatic carbocycles. The number of aryl methyl sites for hydroxylation is 2. The summed E-state index contributed by atoms with van der Waals surface area (Å²) in [5.74, 6) is -1.19. The van der Waals surface area contributed by atoms with E-state index in [1.165, 1.54) is 0 Å². The molecule has 134 valence electrons. The van der Waals surface area contributed by atoms with Gasteiger partial charge in [0, 0.05) is 0 Å². The summed E-state index contributed by atoms with van der Waals surface area (Å²) in [7, 11) is 0. The zero-order valence-corrected chi connectivity index (χ0v) is 15.1. The summed E-state index contributed by atoms with van der Waals surface area (Å²) in [6.45, 7) is 3.79. The van der Waals surface area contributed by atoms with E-state index in [1.807, 2.05) is 26.0 Å². The minimum absolute atomic E-state index is 0.0328. The Bertz CT molecular complexity index is 897. The summed E-state index contributed by atoms with van der Waals surface area (Å²) in [5.41, 5.74) is 7.84. The molecule has 0 bridgehead atoms. The molecule has 0 aromatic heterocycles. The molecule has 0 spiro atoms. The molecule has 1 heterocycles. The van der Waals surface area contributed by atoms with E-state index in [-0.39, 0.29) is 17.9 Å². The van der Waals surface area contributed by atoms with Gasteiger partial charge in [-0.3, -0.25) is 19.8 Å². The van der Waals surface area contributed by atoms with Crippen molar-refractivity contribution >= 4 is 35.0 Å². The number of benzene rings is 2. The molecule has 26 heavy (non-hydrogen) atoms. The average Bonchev–Trinajstić information content (AvgIpc) is 2.87. The third-order valence-electron chi connectivity index (χ3n) is 4.22. The first kappa shape index (κ1) is 18.1. The molecule has 6 nitrogen and oxygen atoms in total. The highest BCUT2D eigenvalue weighted by Gasteiger charge is 2.40. The maximum Gasteiger partial charge on any atom is 0.266 e. The van der Waals surface area contributed by atoms with Crippen LogP contribution in [0, 0.1) is 13.8 Å². The number of anilines is 1. The lowest BCUT2D eigenvalue weighted by molar-refractivity contribution is -0.121. The fourth-order valence-electron chi connectivity index (χ4n) is 2.92. The Balaban J connectivity index is 1.71. The van der Waals surface area contributed by atoms with Gasteiger partial charge in [-0.25, -0.2) is 10.3 Å². The van der Waals surface area contributed by atoms with Crippen LogP contribution >= 0.6 is 11.6 Å². The molecule has 1 saturated heterocycles. The summed E-state index contributed by atoms with van der Waals surface area (Å²) in [6.07, 6.45) is -0.0328. The van der Waals surface area contributed by atoms with Crippen molar-refractivity contribution in [2.75, 3.05) is 4.90 Å². The zero-order valence-electron chi connectivity index (χ0n) is 14.4. The normalized spacial score (nSPS) is 16.9. The van der Waals surface area contributed by atoms with Crippen LogP contribution in [0.2, 0.25) is 5.02 Å². The molecule has 1 fully saturated rings. The maximum atomic E-state index is 12.6. The number of hydrazine groups is 1. The number of hydrogen-bond acceptors (Lipinski definition) is 4. The molecular weight excluding hydrogens is 354 g/mol. The first-order valence-electron chi connectivity index (χ1n) is 8.13. The number of carbonyl (C=O) groups is 3. The van der Waals surface area contributed by atoms with Crippen molar-refractivity contribution in [3.8, 4) is 0 Å². The van der Waals surface area contributed by atoms with E-state index in [0.29, 0.717) is 10.7 Å². The Morgan fingerprint density at radius 3 is 2.58 bits per heavy atom. The molecule has 2 aromatic rings. The smallest absolute Gasteiger partial charge is 0.266 e. The number of nitrogens with zero attached hydrogens (tertiary/aromatic N) is 1. The Morgan fingerprint density at radius 1 is 1.15 bits per heavy atom. The lowest BCUT2D eigenvalue weighted by Crippen LogP contribution is -2.48. The van der Waals surface area contributed by atoms with Crippen molar-refractivity contribution < 1.29 is 14.4 Å². The van der Waals surface area contributed by atoms with Gasteiger partial charge in [-0.1, -0.05) is 41.4 Å². The topological polar surface area (TPSA) is 78.5 Å². The second kappa shape index (κ2) is 7.27. The average molecular weight is 372 g/mol. The van der Waals surface area contributed by atoms with Gasteiger partial charge in [-0.05, 0) is 37.6 Å². The third kappa shape index (κ3) is 3.47. The Labute approximate surface area is 156 Å². The van der Waals surface area contributed by atoms with E-state index in [0.717, 1.165) is 16.0 Å². The van der Waals surface area contributed by atoms with Crippen molar-refractivity contribution in [3.63, 3.8) is 0 Å². The molecular formula is C19H18ClN3O3. The fraction of sp³-hybridized carbons (Fsp3) is 0.211. The van der Waals surface area contributed by atoms with Gasteiger partial charge in [0.2, 0.25) is 5.91 Å². The predicted octanol–water partition coefficient (Wildman–Crippen LogP) is 2.52. The SMILES string of the molecule is Cc1ccc(N2C(=O)CC(NNC(=O)c3ccccc3Cl)C2=O)c(C)c1. The van der Waals surface area contributed by atoms with E-state index < -0.39 is 17.9 Å². The molecule has 3 rings (SSSR count). The van der Waals surface area contributed by atoms with Gasteiger partial charge in [0.1, 0.15) is 6.04 Å². The minimum atomic E-state index is -0.824. The second-order valence-corrected chi connectivity index (χ2v) is 6.60. The first-order valence-corrected chi connectivity index (χ1v) is 8.50. The van der Waals surface area contributed by atoms with Crippen molar-refractivity contribution in [2.24, 2.45) is 0 Å². The van der Waals surface area contributed by atoms with Gasteiger partial charge < -0.3 is 0 Å². The largest absolute Gasteiger partial charge is 0.287 e. The molecule has 7 heteroatoms. The highest BCUT2D eigenvalue weighted by Crippen LogP contribution is 2.26. The predicted molar refractivity (Wildman–Crippen MR) is 98.9 cm³/mol. The summed E-state index contributed by atoms with van der Waals surface area (Å²) >= 11 is 5.98. The quantitative estimate of drug-likeness (QED) is 0.639. The highest BCUT2D eigenvalue weighted by molar-refractivity contribution is 6.33. The van der Waals surface area contributed by atoms with Crippen LogP contribution < -0.4 is 15.8 Å². The van der Waals surface area contributed by atoms with Crippen molar-refractivity contribution in [1.29, 1.82) is 0 Å². The van der Waals surface area contributed by atoms with Crippen LogP contribution in [0.1, 0.15) is 27.9 Å².